The molecule has 0 amide bonds. The highest BCUT2D eigenvalue weighted by Gasteiger charge is 2.79. The summed E-state index contributed by atoms with van der Waals surface area (Å²) in [6.45, 7) is 0. The zero-order chi connectivity index (χ0) is 10.1. The minimum atomic E-state index is -0.0155. The van der Waals surface area contributed by atoms with E-state index >= 15 is 0 Å². The molecule has 2 heteroatoms. The molecule has 4 rings (SSSR count). The molecule has 5 unspecified atom stereocenters. The molecule has 5 atom stereocenters. The Hall–Kier alpha value is -0.650. The Morgan fingerprint density at radius 2 is 1.87 bits per heavy atom. The Labute approximate surface area is 91.7 Å². The lowest BCUT2D eigenvalue weighted by Gasteiger charge is -2.18. The highest BCUT2D eigenvalue weighted by Crippen LogP contribution is 2.76. The lowest BCUT2D eigenvalue weighted by atomic mass is 9.86. The smallest absolute Gasteiger partial charge is 0.134 e. The summed E-state index contributed by atoms with van der Waals surface area (Å²) in [7, 11) is 2.95. The van der Waals surface area contributed by atoms with Gasteiger partial charge in [0.25, 0.3) is 0 Å². The Morgan fingerprint density at radius 3 is 2.53 bits per heavy atom. The van der Waals surface area contributed by atoms with E-state index in [1.165, 1.54) is 12.0 Å². The highest BCUT2D eigenvalue weighted by molar-refractivity contribution is 7.19. The van der Waals surface area contributed by atoms with Crippen LogP contribution in [0.15, 0.2) is 42.5 Å². The summed E-state index contributed by atoms with van der Waals surface area (Å²) >= 11 is 0. The quantitative estimate of drug-likeness (QED) is 0.399. The van der Waals surface area contributed by atoms with Gasteiger partial charge in [-0.1, -0.05) is 51.7 Å². The van der Waals surface area contributed by atoms with Crippen molar-refractivity contribution in [3.05, 3.63) is 48.0 Å². The Bertz CT molecular complexity index is 455. The highest BCUT2D eigenvalue weighted by atomic mass is 31.0. The fourth-order valence-electron chi connectivity index (χ4n) is 3.46. The maximum Gasteiger partial charge on any atom is 0.134 e. The molecule has 1 aromatic carbocycles. The SMILES string of the molecule is PC12OC1(c1ccccc1)C1C=CC2C1. The normalized spacial score (nSPS) is 49.4. The van der Waals surface area contributed by atoms with Gasteiger partial charge in [0.15, 0.2) is 0 Å². The molecule has 1 nitrogen and oxygen atoms in total. The van der Waals surface area contributed by atoms with Crippen molar-refractivity contribution in [2.75, 3.05) is 0 Å². The average molecular weight is 216 g/mol. The van der Waals surface area contributed by atoms with E-state index in [1.807, 2.05) is 0 Å². The van der Waals surface area contributed by atoms with Gasteiger partial charge in [-0.3, -0.25) is 0 Å². The van der Waals surface area contributed by atoms with Crippen LogP contribution in [0.1, 0.15) is 12.0 Å². The van der Waals surface area contributed by atoms with Gasteiger partial charge in [-0.25, -0.2) is 0 Å². The second-order valence-electron chi connectivity index (χ2n) is 4.83. The van der Waals surface area contributed by atoms with Gasteiger partial charge in [-0.05, 0) is 12.0 Å². The van der Waals surface area contributed by atoms with Crippen LogP contribution >= 0.6 is 9.24 Å². The predicted molar refractivity (Wildman–Crippen MR) is 62.4 cm³/mol. The van der Waals surface area contributed by atoms with E-state index in [0.717, 1.165) is 0 Å². The van der Waals surface area contributed by atoms with Gasteiger partial charge in [0, 0.05) is 11.8 Å². The van der Waals surface area contributed by atoms with Crippen LogP contribution in [0, 0.1) is 11.8 Å². The molecule has 1 aliphatic heterocycles. The van der Waals surface area contributed by atoms with Gasteiger partial charge in [0.05, 0.1) is 0 Å². The first kappa shape index (κ1) is 8.50. The van der Waals surface area contributed by atoms with Crippen LogP contribution in [-0.2, 0) is 10.3 Å². The largest absolute Gasteiger partial charge is 0.352 e. The van der Waals surface area contributed by atoms with E-state index in [2.05, 4.69) is 51.7 Å². The van der Waals surface area contributed by atoms with Crippen molar-refractivity contribution < 1.29 is 4.74 Å². The zero-order valence-electron chi connectivity index (χ0n) is 8.39. The van der Waals surface area contributed by atoms with E-state index in [1.54, 1.807) is 0 Å². The van der Waals surface area contributed by atoms with Crippen LogP contribution in [-0.4, -0.2) is 5.34 Å². The van der Waals surface area contributed by atoms with Crippen molar-refractivity contribution in [2.24, 2.45) is 11.8 Å². The zero-order valence-corrected chi connectivity index (χ0v) is 9.54. The molecule has 0 aromatic heterocycles. The van der Waals surface area contributed by atoms with Crippen molar-refractivity contribution in [2.45, 2.75) is 17.4 Å². The van der Waals surface area contributed by atoms with Crippen LogP contribution in [0.25, 0.3) is 0 Å². The van der Waals surface area contributed by atoms with E-state index in [4.69, 9.17) is 4.74 Å². The van der Waals surface area contributed by atoms with Crippen molar-refractivity contribution in [1.29, 1.82) is 0 Å². The summed E-state index contributed by atoms with van der Waals surface area (Å²) < 4.78 is 6.10. The van der Waals surface area contributed by atoms with Gasteiger partial charge < -0.3 is 4.74 Å². The van der Waals surface area contributed by atoms with E-state index in [9.17, 15) is 0 Å². The number of hydrogen-bond donors (Lipinski definition) is 0. The molecule has 1 heterocycles. The van der Waals surface area contributed by atoms with E-state index < -0.39 is 0 Å². The third-order valence-electron chi connectivity index (χ3n) is 4.23. The van der Waals surface area contributed by atoms with Crippen LogP contribution in [0.2, 0.25) is 0 Å². The van der Waals surface area contributed by atoms with Gasteiger partial charge >= 0.3 is 0 Å². The van der Waals surface area contributed by atoms with Crippen LogP contribution in [0.3, 0.4) is 0 Å². The monoisotopic (exact) mass is 216 g/mol. The molecule has 15 heavy (non-hydrogen) atoms. The number of ether oxygens (including phenoxy) is 1. The fraction of sp³-hybridized carbons (Fsp3) is 0.385. The molecule has 1 saturated heterocycles. The summed E-state index contributed by atoms with van der Waals surface area (Å²) in [5, 5.41) is 0.00771. The molecule has 76 valence electrons. The maximum atomic E-state index is 6.10. The Balaban J connectivity index is 1.89. The molecule has 2 aliphatic carbocycles. The van der Waals surface area contributed by atoms with Gasteiger partial charge in [-0.15, -0.1) is 0 Å². The Kier molecular flexibility index (Phi) is 1.34. The average Bonchev–Trinajstić information content (AvgIpc) is 2.64. The summed E-state index contributed by atoms with van der Waals surface area (Å²) in [4.78, 5) is 0. The molecule has 1 aromatic rings. The standard InChI is InChI=1S/C13H13OP/c15-13-11-7-6-10(8-11)12(13,14-13)9-4-2-1-3-5-9/h1-7,10-11H,8,15H2. The van der Waals surface area contributed by atoms with Gasteiger partial charge in [0.2, 0.25) is 0 Å². The third kappa shape index (κ3) is 0.767. The van der Waals surface area contributed by atoms with Crippen LogP contribution < -0.4 is 0 Å². The topological polar surface area (TPSA) is 12.5 Å². The van der Waals surface area contributed by atoms with Crippen molar-refractivity contribution >= 4 is 9.24 Å². The summed E-state index contributed by atoms with van der Waals surface area (Å²) in [5.41, 5.74) is 1.33. The van der Waals surface area contributed by atoms with E-state index in [0.29, 0.717) is 11.8 Å². The minimum absolute atomic E-state index is 0.00771. The van der Waals surface area contributed by atoms with Gasteiger partial charge in [0.1, 0.15) is 10.9 Å². The molecule has 0 N–H and O–H groups in total. The minimum Gasteiger partial charge on any atom is -0.352 e. The summed E-state index contributed by atoms with van der Waals surface area (Å²) in [6.07, 6.45) is 5.93. The molecule has 0 radical (unpaired) electrons. The number of benzene rings is 1. The molecular formula is C13H13OP. The number of rotatable bonds is 1. The molecule has 3 aliphatic rings. The van der Waals surface area contributed by atoms with Crippen molar-refractivity contribution in [3.63, 3.8) is 0 Å². The fourth-order valence-corrected chi connectivity index (χ4v) is 4.27. The third-order valence-corrected chi connectivity index (χ3v) is 5.20. The number of fused-ring (bicyclic) bond motifs is 5. The summed E-state index contributed by atoms with van der Waals surface area (Å²) in [5.74, 6) is 1.19. The first-order valence-electron chi connectivity index (χ1n) is 5.50. The lowest BCUT2D eigenvalue weighted by molar-refractivity contribution is 0.201. The van der Waals surface area contributed by atoms with Crippen LogP contribution in [0.5, 0.6) is 0 Å². The van der Waals surface area contributed by atoms with E-state index in [-0.39, 0.29) is 10.9 Å². The van der Waals surface area contributed by atoms with Gasteiger partial charge in [-0.2, -0.15) is 0 Å². The van der Waals surface area contributed by atoms with Crippen molar-refractivity contribution in [1.82, 2.24) is 0 Å². The first-order chi connectivity index (χ1) is 7.27. The molecule has 0 spiro atoms. The lowest BCUT2D eigenvalue weighted by Crippen LogP contribution is -2.23. The molecule has 2 fully saturated rings. The van der Waals surface area contributed by atoms with Crippen LogP contribution in [0.4, 0.5) is 0 Å². The molecule has 2 bridgehead atoms. The second-order valence-corrected chi connectivity index (χ2v) is 5.69. The first-order valence-corrected chi connectivity index (χ1v) is 6.08. The molecule has 1 saturated carbocycles. The van der Waals surface area contributed by atoms with Crippen molar-refractivity contribution in [3.8, 4) is 0 Å². The second kappa shape index (κ2) is 2.36. The molecular weight excluding hydrogens is 203 g/mol. The number of hydrogen-bond acceptors (Lipinski definition) is 1. The maximum absolute atomic E-state index is 6.10. The summed E-state index contributed by atoms with van der Waals surface area (Å²) in [6, 6.07) is 10.7. The Morgan fingerprint density at radius 1 is 1.13 bits per heavy atom. The number of epoxide rings is 1. The predicted octanol–water partition coefficient (Wildman–Crippen LogP) is 2.69.